The lowest BCUT2D eigenvalue weighted by atomic mass is 10.1. The summed E-state index contributed by atoms with van der Waals surface area (Å²) in [4.78, 5) is 27.5. The van der Waals surface area contributed by atoms with Gasteiger partial charge in [-0.05, 0) is 48.0 Å². The van der Waals surface area contributed by atoms with Crippen LogP contribution in [0.3, 0.4) is 0 Å². The number of nitrogens with zero attached hydrogens (tertiary/aromatic N) is 3. The van der Waals surface area contributed by atoms with Crippen LogP contribution in [0.5, 0.6) is 5.75 Å². The van der Waals surface area contributed by atoms with Crippen molar-refractivity contribution in [2.45, 2.75) is 6.54 Å². The van der Waals surface area contributed by atoms with Gasteiger partial charge in [-0.1, -0.05) is 18.2 Å². The topological polar surface area (TPSA) is 75.9 Å². The Hall–Kier alpha value is -3.87. The molecule has 0 aromatic heterocycles. The van der Waals surface area contributed by atoms with Crippen molar-refractivity contribution in [1.29, 1.82) is 0 Å². The first-order valence-electron chi connectivity index (χ1n) is 9.35. The molecule has 0 saturated carbocycles. The van der Waals surface area contributed by atoms with E-state index in [2.05, 4.69) is 0 Å². The number of hydrogen-bond acceptors (Lipinski definition) is 5. The first kappa shape index (κ1) is 20.9. The zero-order valence-electron chi connectivity index (χ0n) is 17.1. The van der Waals surface area contributed by atoms with Crippen LogP contribution in [0, 0.1) is 10.1 Å². The molecule has 0 aliphatic carbocycles. The van der Waals surface area contributed by atoms with E-state index in [0.717, 1.165) is 11.3 Å². The molecular weight excluding hydrogens is 382 g/mol. The standard InChI is InChI=1S/C23H23N3O4/c1-24(2)19-9-7-17(8-10-19)16-25(20-11-13-22(30-3)14-12-20)23(27)18-5-4-6-21(15-18)26(28)29/h4-15H,16H2,1-3H3. The number of ether oxygens (including phenoxy) is 1. The van der Waals surface area contributed by atoms with Gasteiger partial charge < -0.3 is 14.5 Å². The molecule has 0 heterocycles. The Bertz CT molecular complexity index is 1030. The van der Waals surface area contributed by atoms with Crippen molar-refractivity contribution in [3.8, 4) is 5.75 Å². The number of carbonyl (C=O) groups excluding carboxylic acids is 1. The molecule has 0 aliphatic rings. The number of hydrogen-bond donors (Lipinski definition) is 0. The minimum Gasteiger partial charge on any atom is -0.497 e. The molecule has 0 bridgehead atoms. The van der Waals surface area contributed by atoms with Gasteiger partial charge in [0.2, 0.25) is 0 Å². The number of amides is 1. The first-order chi connectivity index (χ1) is 14.4. The average Bonchev–Trinajstić information content (AvgIpc) is 2.77. The molecule has 1 amide bonds. The molecule has 0 atom stereocenters. The lowest BCUT2D eigenvalue weighted by Gasteiger charge is -2.24. The highest BCUT2D eigenvalue weighted by Gasteiger charge is 2.20. The molecule has 0 N–H and O–H groups in total. The van der Waals surface area contributed by atoms with Gasteiger partial charge in [0, 0.05) is 43.2 Å². The van der Waals surface area contributed by atoms with Crippen LogP contribution in [-0.2, 0) is 6.54 Å². The van der Waals surface area contributed by atoms with Crippen LogP contribution < -0.4 is 14.5 Å². The molecule has 0 spiro atoms. The fraction of sp³-hybridized carbons (Fsp3) is 0.174. The molecule has 0 aliphatic heterocycles. The zero-order chi connectivity index (χ0) is 21.7. The molecule has 0 unspecified atom stereocenters. The Labute approximate surface area is 175 Å². The van der Waals surface area contributed by atoms with E-state index >= 15 is 0 Å². The molecular formula is C23H23N3O4. The number of nitro groups is 1. The normalized spacial score (nSPS) is 10.4. The Balaban J connectivity index is 1.97. The van der Waals surface area contributed by atoms with E-state index in [4.69, 9.17) is 4.74 Å². The number of carbonyl (C=O) groups is 1. The van der Waals surface area contributed by atoms with Crippen molar-refractivity contribution in [1.82, 2.24) is 0 Å². The first-order valence-corrected chi connectivity index (χ1v) is 9.35. The second kappa shape index (κ2) is 9.09. The number of methoxy groups -OCH3 is 1. The van der Waals surface area contributed by atoms with E-state index in [1.807, 2.05) is 43.3 Å². The van der Waals surface area contributed by atoms with Gasteiger partial charge in [-0.15, -0.1) is 0 Å². The lowest BCUT2D eigenvalue weighted by molar-refractivity contribution is -0.384. The molecule has 154 valence electrons. The van der Waals surface area contributed by atoms with Crippen molar-refractivity contribution < 1.29 is 14.5 Å². The minimum atomic E-state index is -0.505. The number of anilines is 2. The van der Waals surface area contributed by atoms with Gasteiger partial charge in [0.25, 0.3) is 11.6 Å². The van der Waals surface area contributed by atoms with Gasteiger partial charge in [-0.2, -0.15) is 0 Å². The molecule has 0 radical (unpaired) electrons. The second-order valence-corrected chi connectivity index (χ2v) is 6.96. The third-order valence-corrected chi connectivity index (χ3v) is 4.73. The Morgan fingerprint density at radius 2 is 1.60 bits per heavy atom. The van der Waals surface area contributed by atoms with Gasteiger partial charge in [-0.3, -0.25) is 14.9 Å². The van der Waals surface area contributed by atoms with Crippen LogP contribution in [0.4, 0.5) is 17.1 Å². The Morgan fingerprint density at radius 3 is 2.17 bits per heavy atom. The van der Waals surface area contributed by atoms with Crippen molar-refractivity contribution >= 4 is 23.0 Å². The quantitative estimate of drug-likeness (QED) is 0.427. The highest BCUT2D eigenvalue weighted by atomic mass is 16.6. The third kappa shape index (κ3) is 4.75. The predicted octanol–water partition coefficient (Wildman–Crippen LogP) is 4.52. The molecule has 0 saturated heterocycles. The summed E-state index contributed by atoms with van der Waals surface area (Å²) >= 11 is 0. The van der Waals surface area contributed by atoms with Gasteiger partial charge in [0.15, 0.2) is 0 Å². The molecule has 30 heavy (non-hydrogen) atoms. The molecule has 0 fully saturated rings. The van der Waals surface area contributed by atoms with E-state index in [9.17, 15) is 14.9 Å². The highest BCUT2D eigenvalue weighted by Crippen LogP contribution is 2.25. The number of rotatable bonds is 7. The molecule has 7 heteroatoms. The summed E-state index contributed by atoms with van der Waals surface area (Å²) in [6.07, 6.45) is 0. The molecule has 3 aromatic carbocycles. The Kier molecular flexibility index (Phi) is 6.32. The second-order valence-electron chi connectivity index (χ2n) is 6.96. The zero-order valence-corrected chi connectivity index (χ0v) is 17.1. The number of nitro benzene ring substituents is 1. The minimum absolute atomic E-state index is 0.120. The van der Waals surface area contributed by atoms with Crippen molar-refractivity contribution in [2.75, 3.05) is 31.0 Å². The molecule has 3 aromatic rings. The summed E-state index contributed by atoms with van der Waals surface area (Å²) in [5.41, 5.74) is 2.80. The largest absolute Gasteiger partial charge is 0.497 e. The van der Waals surface area contributed by atoms with Crippen LogP contribution >= 0.6 is 0 Å². The highest BCUT2D eigenvalue weighted by molar-refractivity contribution is 6.06. The van der Waals surface area contributed by atoms with Gasteiger partial charge >= 0.3 is 0 Å². The molecule has 7 nitrogen and oxygen atoms in total. The number of non-ortho nitro benzene ring substituents is 1. The van der Waals surface area contributed by atoms with Crippen LogP contribution in [0.25, 0.3) is 0 Å². The third-order valence-electron chi connectivity index (χ3n) is 4.73. The van der Waals surface area contributed by atoms with E-state index < -0.39 is 4.92 Å². The summed E-state index contributed by atoms with van der Waals surface area (Å²) in [5, 5.41) is 11.1. The van der Waals surface area contributed by atoms with Gasteiger partial charge in [0.1, 0.15) is 5.75 Å². The van der Waals surface area contributed by atoms with E-state index in [-0.39, 0.29) is 17.2 Å². The maximum absolute atomic E-state index is 13.3. The fourth-order valence-corrected chi connectivity index (χ4v) is 3.03. The van der Waals surface area contributed by atoms with Crippen LogP contribution in [0.15, 0.2) is 72.8 Å². The van der Waals surface area contributed by atoms with Crippen molar-refractivity contribution in [2.24, 2.45) is 0 Å². The summed E-state index contributed by atoms with van der Waals surface area (Å²) in [6.45, 7) is 0.321. The van der Waals surface area contributed by atoms with Crippen molar-refractivity contribution in [3.05, 3.63) is 94.0 Å². The maximum Gasteiger partial charge on any atom is 0.270 e. The monoisotopic (exact) mass is 405 g/mol. The smallest absolute Gasteiger partial charge is 0.270 e. The predicted molar refractivity (Wildman–Crippen MR) is 117 cm³/mol. The summed E-state index contributed by atoms with van der Waals surface area (Å²) in [6, 6.07) is 20.8. The van der Waals surface area contributed by atoms with Crippen LogP contribution in [0.2, 0.25) is 0 Å². The summed E-state index contributed by atoms with van der Waals surface area (Å²) in [7, 11) is 5.50. The van der Waals surface area contributed by atoms with E-state index in [1.54, 1.807) is 42.3 Å². The van der Waals surface area contributed by atoms with Crippen molar-refractivity contribution in [3.63, 3.8) is 0 Å². The maximum atomic E-state index is 13.3. The van der Waals surface area contributed by atoms with E-state index in [1.165, 1.54) is 18.2 Å². The lowest BCUT2D eigenvalue weighted by Crippen LogP contribution is -2.30. The van der Waals surface area contributed by atoms with E-state index in [0.29, 0.717) is 18.0 Å². The molecule has 3 rings (SSSR count). The fourth-order valence-electron chi connectivity index (χ4n) is 3.03. The summed E-state index contributed by atoms with van der Waals surface area (Å²) < 4.78 is 5.21. The number of benzene rings is 3. The summed E-state index contributed by atoms with van der Waals surface area (Å²) in [5.74, 6) is 0.359. The van der Waals surface area contributed by atoms with Crippen LogP contribution in [0.1, 0.15) is 15.9 Å². The van der Waals surface area contributed by atoms with Gasteiger partial charge in [-0.25, -0.2) is 0 Å². The average molecular weight is 405 g/mol. The Morgan fingerprint density at radius 1 is 0.967 bits per heavy atom. The SMILES string of the molecule is COc1ccc(N(Cc2ccc(N(C)C)cc2)C(=O)c2cccc([N+](=O)[O-])c2)cc1. The van der Waals surface area contributed by atoms with Crippen LogP contribution in [-0.4, -0.2) is 32.0 Å². The van der Waals surface area contributed by atoms with Gasteiger partial charge in [0.05, 0.1) is 18.6 Å².